The standard InChI is InChI=1S/C18H32N2O/c1-14(2)11-19-12-16-8-9-21-18(16)13-20(4)17-7-5-6-15(3)10-17/h8-9,14-15,17,19H,5-7,10-13H2,1-4H3. The van der Waals surface area contributed by atoms with Crippen molar-refractivity contribution in [3.05, 3.63) is 23.7 Å². The fraction of sp³-hybridized carbons (Fsp3) is 0.778. The molecule has 0 radical (unpaired) electrons. The summed E-state index contributed by atoms with van der Waals surface area (Å²) in [5.74, 6) is 2.69. The highest BCUT2D eigenvalue weighted by atomic mass is 16.3. The van der Waals surface area contributed by atoms with Gasteiger partial charge < -0.3 is 9.73 Å². The van der Waals surface area contributed by atoms with Crippen LogP contribution in [-0.4, -0.2) is 24.5 Å². The molecule has 0 aromatic carbocycles. The second kappa shape index (κ2) is 8.00. The predicted molar refractivity (Wildman–Crippen MR) is 88.1 cm³/mol. The Morgan fingerprint density at radius 1 is 1.38 bits per heavy atom. The van der Waals surface area contributed by atoms with Gasteiger partial charge in [0.2, 0.25) is 0 Å². The van der Waals surface area contributed by atoms with Crippen molar-refractivity contribution in [2.45, 2.75) is 65.6 Å². The van der Waals surface area contributed by atoms with Crippen molar-refractivity contribution in [3.8, 4) is 0 Å². The van der Waals surface area contributed by atoms with E-state index in [-0.39, 0.29) is 0 Å². The van der Waals surface area contributed by atoms with Crippen LogP contribution < -0.4 is 5.32 Å². The van der Waals surface area contributed by atoms with Gasteiger partial charge in [0.25, 0.3) is 0 Å². The molecule has 1 aliphatic rings. The van der Waals surface area contributed by atoms with E-state index in [1.54, 1.807) is 0 Å². The van der Waals surface area contributed by atoms with Crippen molar-refractivity contribution in [1.29, 1.82) is 0 Å². The van der Waals surface area contributed by atoms with Gasteiger partial charge in [-0.15, -0.1) is 0 Å². The molecule has 3 nitrogen and oxygen atoms in total. The second-order valence-corrected chi connectivity index (χ2v) is 7.23. The zero-order valence-electron chi connectivity index (χ0n) is 14.2. The molecule has 0 spiro atoms. The van der Waals surface area contributed by atoms with E-state index in [0.717, 1.165) is 37.4 Å². The molecule has 21 heavy (non-hydrogen) atoms. The number of hydrogen-bond donors (Lipinski definition) is 1. The van der Waals surface area contributed by atoms with Crippen molar-refractivity contribution in [2.24, 2.45) is 11.8 Å². The monoisotopic (exact) mass is 292 g/mol. The Hall–Kier alpha value is -0.800. The molecular formula is C18H32N2O. The van der Waals surface area contributed by atoms with E-state index in [2.05, 4.69) is 44.1 Å². The molecule has 1 aromatic rings. The number of hydrogen-bond acceptors (Lipinski definition) is 3. The van der Waals surface area contributed by atoms with Crippen LogP contribution in [0.3, 0.4) is 0 Å². The minimum absolute atomic E-state index is 0.687. The smallest absolute Gasteiger partial charge is 0.122 e. The van der Waals surface area contributed by atoms with Gasteiger partial charge in [0.05, 0.1) is 12.8 Å². The first-order valence-corrected chi connectivity index (χ1v) is 8.52. The fourth-order valence-electron chi connectivity index (χ4n) is 3.32. The van der Waals surface area contributed by atoms with Crippen LogP contribution in [0.2, 0.25) is 0 Å². The van der Waals surface area contributed by atoms with Crippen LogP contribution in [-0.2, 0) is 13.1 Å². The first-order valence-electron chi connectivity index (χ1n) is 8.52. The lowest BCUT2D eigenvalue weighted by Gasteiger charge is -2.33. The van der Waals surface area contributed by atoms with Gasteiger partial charge in [0.15, 0.2) is 0 Å². The number of rotatable bonds is 7. The molecule has 3 heteroatoms. The molecule has 1 heterocycles. The van der Waals surface area contributed by atoms with Crippen molar-refractivity contribution in [2.75, 3.05) is 13.6 Å². The molecule has 0 aliphatic heterocycles. The summed E-state index contributed by atoms with van der Waals surface area (Å²) >= 11 is 0. The molecule has 2 atom stereocenters. The first kappa shape index (κ1) is 16.6. The van der Waals surface area contributed by atoms with E-state index in [0.29, 0.717) is 5.92 Å². The molecule has 1 saturated carbocycles. The van der Waals surface area contributed by atoms with Crippen molar-refractivity contribution in [3.63, 3.8) is 0 Å². The van der Waals surface area contributed by atoms with Gasteiger partial charge in [-0.2, -0.15) is 0 Å². The zero-order valence-corrected chi connectivity index (χ0v) is 14.2. The largest absolute Gasteiger partial charge is 0.468 e. The molecule has 1 fully saturated rings. The minimum atomic E-state index is 0.687. The molecule has 2 unspecified atom stereocenters. The highest BCUT2D eigenvalue weighted by molar-refractivity contribution is 5.16. The predicted octanol–water partition coefficient (Wildman–Crippen LogP) is 4.04. The van der Waals surface area contributed by atoms with Crippen LogP contribution in [0.25, 0.3) is 0 Å². The molecule has 0 amide bonds. The van der Waals surface area contributed by atoms with Crippen molar-refractivity contribution < 1.29 is 4.42 Å². The van der Waals surface area contributed by atoms with Crippen LogP contribution in [0, 0.1) is 11.8 Å². The number of nitrogens with zero attached hydrogens (tertiary/aromatic N) is 1. The summed E-state index contributed by atoms with van der Waals surface area (Å²) < 4.78 is 5.73. The second-order valence-electron chi connectivity index (χ2n) is 7.23. The maximum Gasteiger partial charge on any atom is 0.122 e. The Morgan fingerprint density at radius 2 is 2.19 bits per heavy atom. The first-order chi connectivity index (χ1) is 10.1. The summed E-state index contributed by atoms with van der Waals surface area (Å²) in [5, 5.41) is 3.51. The van der Waals surface area contributed by atoms with Gasteiger partial charge >= 0.3 is 0 Å². The lowest BCUT2D eigenvalue weighted by Crippen LogP contribution is -2.35. The quantitative estimate of drug-likeness (QED) is 0.822. The SMILES string of the molecule is CC(C)CNCc1ccoc1CN(C)C1CCCC(C)C1. The molecule has 2 rings (SSSR count). The molecule has 120 valence electrons. The van der Waals surface area contributed by atoms with E-state index in [1.165, 1.54) is 31.2 Å². The van der Waals surface area contributed by atoms with Gasteiger partial charge in [0.1, 0.15) is 5.76 Å². The summed E-state index contributed by atoms with van der Waals surface area (Å²) in [5.41, 5.74) is 1.31. The van der Waals surface area contributed by atoms with Gasteiger partial charge in [-0.25, -0.2) is 0 Å². The maximum atomic E-state index is 5.73. The summed E-state index contributed by atoms with van der Waals surface area (Å²) in [7, 11) is 2.25. The van der Waals surface area contributed by atoms with Crippen molar-refractivity contribution >= 4 is 0 Å². The lowest BCUT2D eigenvalue weighted by atomic mass is 9.86. The van der Waals surface area contributed by atoms with Crippen LogP contribution in [0.1, 0.15) is 57.8 Å². The molecule has 0 bridgehead atoms. The van der Waals surface area contributed by atoms with E-state index < -0.39 is 0 Å². The van der Waals surface area contributed by atoms with E-state index in [9.17, 15) is 0 Å². The minimum Gasteiger partial charge on any atom is -0.468 e. The molecule has 1 aliphatic carbocycles. The van der Waals surface area contributed by atoms with Crippen molar-refractivity contribution in [1.82, 2.24) is 10.2 Å². The van der Waals surface area contributed by atoms with Gasteiger partial charge in [-0.3, -0.25) is 4.90 Å². The van der Waals surface area contributed by atoms with E-state index in [4.69, 9.17) is 4.42 Å². The molecule has 0 saturated heterocycles. The molecule has 1 N–H and O–H groups in total. The van der Waals surface area contributed by atoms with E-state index in [1.807, 2.05) is 6.26 Å². The van der Waals surface area contributed by atoms with Crippen LogP contribution >= 0.6 is 0 Å². The Balaban J connectivity index is 1.85. The summed E-state index contributed by atoms with van der Waals surface area (Å²) in [6.45, 7) is 9.76. The highest BCUT2D eigenvalue weighted by Gasteiger charge is 2.23. The zero-order chi connectivity index (χ0) is 15.2. The maximum absolute atomic E-state index is 5.73. The van der Waals surface area contributed by atoms with Gasteiger partial charge in [-0.1, -0.05) is 33.6 Å². The Labute approximate surface area is 130 Å². The highest BCUT2D eigenvalue weighted by Crippen LogP contribution is 2.27. The van der Waals surface area contributed by atoms with Gasteiger partial charge in [0, 0.05) is 18.2 Å². The Kier molecular flexibility index (Phi) is 6.31. The lowest BCUT2D eigenvalue weighted by molar-refractivity contribution is 0.148. The normalized spacial score (nSPS) is 23.1. The fourth-order valence-corrected chi connectivity index (χ4v) is 3.32. The molecular weight excluding hydrogens is 260 g/mol. The van der Waals surface area contributed by atoms with E-state index >= 15 is 0 Å². The average Bonchev–Trinajstić information content (AvgIpc) is 2.86. The summed E-state index contributed by atoms with van der Waals surface area (Å²) in [6.07, 6.45) is 7.27. The molecule has 1 aromatic heterocycles. The third-order valence-electron chi connectivity index (χ3n) is 4.63. The summed E-state index contributed by atoms with van der Waals surface area (Å²) in [4.78, 5) is 2.49. The average molecular weight is 292 g/mol. The van der Waals surface area contributed by atoms with Crippen LogP contribution in [0.4, 0.5) is 0 Å². The van der Waals surface area contributed by atoms with Crippen LogP contribution in [0.5, 0.6) is 0 Å². The van der Waals surface area contributed by atoms with Crippen LogP contribution in [0.15, 0.2) is 16.7 Å². The number of furan rings is 1. The summed E-state index contributed by atoms with van der Waals surface area (Å²) in [6, 6.07) is 2.83. The third-order valence-corrected chi connectivity index (χ3v) is 4.63. The Bertz CT molecular complexity index is 413. The Morgan fingerprint density at radius 3 is 2.90 bits per heavy atom. The van der Waals surface area contributed by atoms with Gasteiger partial charge in [-0.05, 0) is 44.3 Å². The topological polar surface area (TPSA) is 28.4 Å². The third kappa shape index (κ3) is 5.15. The number of nitrogens with one attached hydrogen (secondary N) is 1.